The number of rotatable bonds is 7. The van der Waals surface area contributed by atoms with Crippen molar-refractivity contribution < 1.29 is 4.74 Å². The molecule has 0 aliphatic rings. The molecule has 2 N–H and O–H groups in total. The van der Waals surface area contributed by atoms with Crippen LogP contribution >= 0.6 is 34.5 Å². The summed E-state index contributed by atoms with van der Waals surface area (Å²) in [6.07, 6.45) is 3.07. The summed E-state index contributed by atoms with van der Waals surface area (Å²) >= 11 is 14.0. The number of nitrogens with zero attached hydrogens (tertiary/aromatic N) is 5. The molecule has 11 heteroatoms. The van der Waals surface area contributed by atoms with Gasteiger partial charge in [-0.3, -0.25) is 5.10 Å². The summed E-state index contributed by atoms with van der Waals surface area (Å²) in [4.78, 5) is 18.3. The molecule has 0 spiro atoms. The van der Waals surface area contributed by atoms with Gasteiger partial charge in [-0.15, -0.1) is 11.3 Å². The van der Waals surface area contributed by atoms with Crippen LogP contribution in [0.1, 0.15) is 0 Å². The maximum atomic E-state index is 7.91. The van der Waals surface area contributed by atoms with Crippen LogP contribution in [0.5, 0.6) is 0 Å². The van der Waals surface area contributed by atoms with Crippen LogP contribution in [0.4, 0.5) is 11.6 Å². The lowest BCUT2D eigenvalue weighted by molar-refractivity contribution is 0.210. The van der Waals surface area contributed by atoms with Gasteiger partial charge >= 0.3 is 0 Å². The normalized spacial score (nSPS) is 10.8. The first kappa shape index (κ1) is 21.2. The van der Waals surface area contributed by atoms with E-state index in [9.17, 15) is 0 Å². The number of halogens is 2. The van der Waals surface area contributed by atoms with Gasteiger partial charge in [0, 0.05) is 35.5 Å². The van der Waals surface area contributed by atoms with Gasteiger partial charge < -0.3 is 10.1 Å². The van der Waals surface area contributed by atoms with E-state index in [1.165, 1.54) is 17.7 Å². The van der Waals surface area contributed by atoms with Crippen LogP contribution in [0.25, 0.3) is 37.2 Å². The molecular weight excluding hydrogens is 457 g/mol. The van der Waals surface area contributed by atoms with Crippen LogP contribution in [-0.2, 0) is 4.74 Å². The van der Waals surface area contributed by atoms with Gasteiger partial charge in [-0.25, -0.2) is 19.8 Å². The zero-order chi connectivity index (χ0) is 21.8. The second-order valence-corrected chi connectivity index (χ2v) is 8.10. The Labute approximate surface area is 192 Å². The van der Waals surface area contributed by atoms with E-state index in [-0.39, 0.29) is 0 Å². The summed E-state index contributed by atoms with van der Waals surface area (Å²) in [5, 5.41) is 10.9. The lowest BCUT2D eigenvalue weighted by Gasteiger charge is -2.07. The van der Waals surface area contributed by atoms with Gasteiger partial charge in [0.1, 0.15) is 6.33 Å². The number of ether oxygens (including phenoxy) is 1. The highest BCUT2D eigenvalue weighted by molar-refractivity contribution is 7.20. The largest absolute Gasteiger partial charge is 0.383 e. The van der Waals surface area contributed by atoms with E-state index in [1.807, 2.05) is 0 Å². The highest BCUT2D eigenvalue weighted by atomic mass is 35.5. The van der Waals surface area contributed by atoms with Gasteiger partial charge in [0.05, 0.1) is 28.6 Å². The molecule has 0 bridgehead atoms. The van der Waals surface area contributed by atoms with Crippen molar-refractivity contribution in [2.75, 3.05) is 25.6 Å². The molecule has 0 aliphatic heterocycles. The van der Waals surface area contributed by atoms with Crippen LogP contribution in [0.15, 0.2) is 36.8 Å². The van der Waals surface area contributed by atoms with E-state index < -0.39 is 0 Å². The van der Waals surface area contributed by atoms with Crippen molar-refractivity contribution in [3.63, 3.8) is 0 Å². The maximum absolute atomic E-state index is 7.91. The van der Waals surface area contributed by atoms with E-state index in [0.717, 1.165) is 4.88 Å². The van der Waals surface area contributed by atoms with Gasteiger partial charge in [-0.1, -0.05) is 29.3 Å². The van der Waals surface area contributed by atoms with E-state index in [1.54, 1.807) is 37.6 Å². The van der Waals surface area contributed by atoms with Crippen molar-refractivity contribution in [1.82, 2.24) is 25.1 Å². The molecule has 31 heavy (non-hydrogen) atoms. The number of hydrogen-bond acceptors (Lipinski definition) is 7. The van der Waals surface area contributed by atoms with Gasteiger partial charge in [-0.2, -0.15) is 5.10 Å². The second-order valence-electron chi connectivity index (χ2n) is 6.24. The van der Waals surface area contributed by atoms with Crippen molar-refractivity contribution in [2.45, 2.75) is 0 Å². The van der Waals surface area contributed by atoms with Gasteiger partial charge in [0.15, 0.2) is 5.82 Å². The quantitative estimate of drug-likeness (QED) is 0.270. The molecule has 4 aromatic rings. The summed E-state index contributed by atoms with van der Waals surface area (Å²) in [5.74, 6) is 0.987. The van der Waals surface area contributed by atoms with Crippen LogP contribution in [0.3, 0.4) is 0 Å². The van der Waals surface area contributed by atoms with Crippen LogP contribution in [0, 0.1) is 6.57 Å². The Morgan fingerprint density at radius 2 is 2.10 bits per heavy atom. The Balaban J connectivity index is 1.89. The minimum atomic E-state index is 0.419. The third-order valence-electron chi connectivity index (χ3n) is 4.30. The SMILES string of the molecule is [C-]#[N+]c1c(-c2ccnc(NCCOC)n2)sc(-c2ncn[nH]2)c1-c1ccc(Cl)cc1Cl. The number of thiophene rings is 1. The first-order chi connectivity index (χ1) is 15.1. The predicted octanol–water partition coefficient (Wildman–Crippen LogP) is 5.57. The summed E-state index contributed by atoms with van der Waals surface area (Å²) < 4.78 is 5.05. The van der Waals surface area contributed by atoms with Gasteiger partial charge in [-0.05, 0) is 23.8 Å². The maximum Gasteiger partial charge on any atom is 0.223 e. The van der Waals surface area contributed by atoms with Crippen molar-refractivity contribution in [3.8, 4) is 32.4 Å². The third kappa shape index (κ3) is 4.38. The van der Waals surface area contributed by atoms with Crippen LogP contribution < -0.4 is 5.32 Å². The number of aromatic nitrogens is 5. The lowest BCUT2D eigenvalue weighted by atomic mass is 10.0. The second kappa shape index (κ2) is 9.41. The summed E-state index contributed by atoms with van der Waals surface area (Å²) in [6, 6.07) is 6.94. The van der Waals surface area contributed by atoms with Gasteiger partial charge in [0.2, 0.25) is 11.6 Å². The fraction of sp³-hybridized carbons (Fsp3) is 0.150. The molecule has 0 fully saturated rings. The highest BCUT2D eigenvalue weighted by Crippen LogP contribution is 2.52. The molecule has 0 radical (unpaired) electrons. The molecular formula is C20H15Cl2N7OS. The number of H-pyrrole nitrogens is 1. The minimum absolute atomic E-state index is 0.419. The number of nitrogens with one attached hydrogen (secondary N) is 2. The third-order valence-corrected chi connectivity index (χ3v) is 6.06. The number of hydrogen-bond donors (Lipinski definition) is 2. The first-order valence-electron chi connectivity index (χ1n) is 9.04. The molecule has 3 heterocycles. The fourth-order valence-corrected chi connectivity index (χ4v) is 4.64. The molecule has 1 aromatic carbocycles. The summed E-state index contributed by atoms with van der Waals surface area (Å²) in [5.41, 5.74) is 2.37. The molecule has 0 saturated heterocycles. The number of methoxy groups -OCH3 is 1. The van der Waals surface area contributed by atoms with Crippen molar-refractivity contribution in [1.29, 1.82) is 0 Å². The zero-order valence-corrected chi connectivity index (χ0v) is 18.5. The highest BCUT2D eigenvalue weighted by Gasteiger charge is 2.25. The van der Waals surface area contributed by atoms with Crippen molar-refractivity contribution in [2.24, 2.45) is 0 Å². The van der Waals surface area contributed by atoms with Crippen molar-refractivity contribution >= 4 is 46.2 Å². The number of benzene rings is 1. The van der Waals surface area contributed by atoms with E-state index in [0.29, 0.717) is 62.4 Å². The number of aromatic amines is 1. The Bertz CT molecular complexity index is 1250. The molecule has 0 amide bonds. The molecule has 156 valence electrons. The van der Waals surface area contributed by atoms with Crippen molar-refractivity contribution in [3.05, 3.63) is 58.3 Å². The molecule has 4 rings (SSSR count). The molecule has 0 aliphatic carbocycles. The van der Waals surface area contributed by atoms with E-state index in [4.69, 9.17) is 34.5 Å². The molecule has 0 unspecified atom stereocenters. The lowest BCUT2D eigenvalue weighted by Crippen LogP contribution is -2.10. The smallest absolute Gasteiger partial charge is 0.223 e. The Kier molecular flexibility index (Phi) is 6.44. The van der Waals surface area contributed by atoms with E-state index in [2.05, 4.69) is 35.3 Å². The first-order valence-corrected chi connectivity index (χ1v) is 10.6. The molecule has 0 atom stereocenters. The molecule has 0 saturated carbocycles. The average molecular weight is 472 g/mol. The Morgan fingerprint density at radius 1 is 1.23 bits per heavy atom. The van der Waals surface area contributed by atoms with Crippen LogP contribution in [0.2, 0.25) is 10.0 Å². The monoisotopic (exact) mass is 471 g/mol. The fourth-order valence-electron chi connectivity index (χ4n) is 2.96. The van der Waals surface area contributed by atoms with Gasteiger partial charge in [0.25, 0.3) is 0 Å². The summed E-state index contributed by atoms with van der Waals surface area (Å²) in [7, 11) is 1.63. The number of anilines is 1. The topological polar surface area (TPSA) is 93.0 Å². The predicted molar refractivity (Wildman–Crippen MR) is 123 cm³/mol. The van der Waals surface area contributed by atoms with E-state index >= 15 is 0 Å². The Morgan fingerprint density at radius 3 is 2.81 bits per heavy atom. The Hall–Kier alpha value is -3.03. The molecule has 3 aromatic heterocycles. The zero-order valence-electron chi connectivity index (χ0n) is 16.2. The minimum Gasteiger partial charge on any atom is -0.383 e. The summed E-state index contributed by atoms with van der Waals surface area (Å²) in [6.45, 7) is 8.99. The average Bonchev–Trinajstić information content (AvgIpc) is 3.42. The molecule has 8 nitrogen and oxygen atoms in total. The standard InChI is InChI=1S/C20H15Cl2N7OS/c1-23-16-15(12-4-3-11(21)9-13(12)22)18(19-26-10-27-29-19)31-17(16)14-5-6-24-20(28-14)25-7-8-30-2/h3-6,9-10H,7-8H2,2H3,(H,24,25,28)(H,26,27,29). The van der Waals surface area contributed by atoms with Crippen LogP contribution in [-0.4, -0.2) is 45.4 Å².